The van der Waals surface area contributed by atoms with Crippen molar-refractivity contribution in [3.63, 3.8) is 0 Å². The molecule has 55 heavy (non-hydrogen) atoms. The topological polar surface area (TPSA) is 30.7 Å². The highest BCUT2D eigenvalue weighted by Crippen LogP contribution is 2.39. The number of nitrogens with zero attached hydrogens (tertiary/aromatic N) is 3. The predicted molar refractivity (Wildman–Crippen MR) is 230 cm³/mol. The molecule has 0 fully saturated rings. The molecule has 0 radical (unpaired) electrons. The summed E-state index contributed by atoms with van der Waals surface area (Å²) in [6.07, 6.45) is 0. The molecule has 0 unspecified atom stereocenters. The lowest BCUT2D eigenvalue weighted by Gasteiger charge is -2.12. The lowest BCUT2D eigenvalue weighted by atomic mass is 10.00. The molecule has 256 valence electrons. The summed E-state index contributed by atoms with van der Waals surface area (Å²) < 4.78 is 2.41. The number of fused-ring (bicyclic) bond motifs is 1. The smallest absolute Gasteiger partial charge is 0.160 e. The highest BCUT2D eigenvalue weighted by Gasteiger charge is 2.17. The van der Waals surface area contributed by atoms with Crippen molar-refractivity contribution in [3.8, 4) is 61.8 Å². The molecule has 0 N–H and O–H groups in total. The van der Waals surface area contributed by atoms with Gasteiger partial charge in [-0.15, -0.1) is 0 Å². The van der Waals surface area contributed by atoms with Crippen molar-refractivity contribution in [1.29, 1.82) is 0 Å². The van der Waals surface area contributed by atoms with Crippen LogP contribution in [0.3, 0.4) is 0 Å². The molecule has 0 bridgehead atoms. The van der Waals surface area contributed by atoms with Gasteiger partial charge in [0.2, 0.25) is 0 Å². The summed E-state index contributed by atoms with van der Waals surface area (Å²) >= 11 is 0. The van der Waals surface area contributed by atoms with Gasteiger partial charge in [0.25, 0.3) is 0 Å². The minimum atomic E-state index is 0.700. The molecule has 3 heteroatoms. The van der Waals surface area contributed by atoms with Crippen molar-refractivity contribution >= 4 is 43.4 Å². The molecule has 0 amide bonds. The summed E-state index contributed by atoms with van der Waals surface area (Å²) in [6.45, 7) is 0. The summed E-state index contributed by atoms with van der Waals surface area (Å²) in [7, 11) is 0. The van der Waals surface area contributed by atoms with Crippen molar-refractivity contribution in [2.45, 2.75) is 0 Å². The fourth-order valence-corrected chi connectivity index (χ4v) is 8.21. The largest absolute Gasteiger partial charge is 0.309 e. The standard InChI is InChI=1S/C52H33N3/c1-3-9-34(10-4-1)36-17-21-38(22-18-36)46-33-47(39-23-19-37(20-24-39)35-11-5-2-6-12-35)54-52(53-46)44-28-27-43-32-45(30-29-42(43)31-44)55-48-15-7-13-40-25-26-41-14-8-16-49(55)51(41)50(40)48/h1-33H. The van der Waals surface area contributed by atoms with Crippen LogP contribution in [0, 0.1) is 0 Å². The van der Waals surface area contributed by atoms with E-state index in [1.807, 2.05) is 12.1 Å². The third kappa shape index (κ3) is 5.36. The lowest BCUT2D eigenvalue weighted by molar-refractivity contribution is 1.18. The van der Waals surface area contributed by atoms with Crippen molar-refractivity contribution in [3.05, 3.63) is 200 Å². The maximum Gasteiger partial charge on any atom is 0.160 e. The highest BCUT2D eigenvalue weighted by molar-refractivity contribution is 6.24. The molecule has 11 rings (SSSR count). The van der Waals surface area contributed by atoms with Crippen LogP contribution in [0.15, 0.2) is 200 Å². The van der Waals surface area contributed by atoms with E-state index in [9.17, 15) is 0 Å². The van der Waals surface area contributed by atoms with Gasteiger partial charge in [0.1, 0.15) is 0 Å². The van der Waals surface area contributed by atoms with E-state index in [0.29, 0.717) is 5.82 Å². The summed E-state index contributed by atoms with van der Waals surface area (Å²) in [6, 6.07) is 71.5. The van der Waals surface area contributed by atoms with Gasteiger partial charge in [0.05, 0.1) is 22.4 Å². The van der Waals surface area contributed by atoms with Crippen LogP contribution in [-0.2, 0) is 0 Å². The van der Waals surface area contributed by atoms with Crippen LogP contribution in [0.2, 0.25) is 0 Å². The Morgan fingerprint density at radius 3 is 1.27 bits per heavy atom. The van der Waals surface area contributed by atoms with Crippen molar-refractivity contribution in [2.75, 3.05) is 0 Å². The molecule has 3 nitrogen and oxygen atoms in total. The molecular weight excluding hydrogens is 667 g/mol. The minimum absolute atomic E-state index is 0.700. The SMILES string of the molecule is c1ccc(-c2ccc(-c3cc(-c4ccc(-c5ccccc5)cc4)nc(-c4ccc5cc(-n6c7cccc8ccc9cccc6c9c87)ccc5c4)n3)cc2)cc1. The second-order valence-corrected chi connectivity index (χ2v) is 14.2. The van der Waals surface area contributed by atoms with Gasteiger partial charge in [-0.25, -0.2) is 9.97 Å². The van der Waals surface area contributed by atoms with Gasteiger partial charge in [-0.1, -0.05) is 164 Å². The first-order valence-electron chi connectivity index (χ1n) is 18.7. The van der Waals surface area contributed by atoms with Crippen LogP contribution in [0.5, 0.6) is 0 Å². The first-order chi connectivity index (χ1) is 27.2. The van der Waals surface area contributed by atoms with E-state index in [0.717, 1.165) is 39.2 Å². The van der Waals surface area contributed by atoms with Crippen molar-refractivity contribution in [1.82, 2.24) is 14.5 Å². The number of hydrogen-bond donors (Lipinski definition) is 0. The molecule has 11 aromatic rings. The molecule has 2 aromatic heterocycles. The maximum atomic E-state index is 5.20. The van der Waals surface area contributed by atoms with Gasteiger partial charge in [0.15, 0.2) is 5.82 Å². The highest BCUT2D eigenvalue weighted by atomic mass is 15.0. The molecule has 0 aliphatic heterocycles. The van der Waals surface area contributed by atoms with Gasteiger partial charge in [0, 0.05) is 33.2 Å². The number of hydrogen-bond acceptors (Lipinski definition) is 2. The molecule has 0 aliphatic rings. The van der Waals surface area contributed by atoms with Crippen LogP contribution >= 0.6 is 0 Å². The van der Waals surface area contributed by atoms with Gasteiger partial charge in [-0.2, -0.15) is 0 Å². The van der Waals surface area contributed by atoms with E-state index in [1.54, 1.807) is 0 Å². The van der Waals surface area contributed by atoms with E-state index in [-0.39, 0.29) is 0 Å². The van der Waals surface area contributed by atoms with Crippen LogP contribution in [0.1, 0.15) is 0 Å². The van der Waals surface area contributed by atoms with Crippen molar-refractivity contribution < 1.29 is 0 Å². The molecule has 0 saturated carbocycles. The van der Waals surface area contributed by atoms with Crippen LogP contribution in [0.4, 0.5) is 0 Å². The average molecular weight is 700 g/mol. The van der Waals surface area contributed by atoms with Gasteiger partial charge in [-0.3, -0.25) is 0 Å². The Morgan fingerprint density at radius 1 is 0.291 bits per heavy atom. The van der Waals surface area contributed by atoms with Crippen molar-refractivity contribution in [2.24, 2.45) is 0 Å². The first-order valence-corrected chi connectivity index (χ1v) is 18.7. The zero-order valence-electron chi connectivity index (χ0n) is 29.9. The molecule has 0 saturated heterocycles. The van der Waals surface area contributed by atoms with Crippen LogP contribution in [-0.4, -0.2) is 14.5 Å². The van der Waals surface area contributed by atoms with E-state index >= 15 is 0 Å². The molecule has 0 spiro atoms. The Kier molecular flexibility index (Phi) is 7.17. The quantitative estimate of drug-likeness (QED) is 0.162. The normalized spacial score (nSPS) is 11.6. The fraction of sp³-hybridized carbons (Fsp3) is 0. The minimum Gasteiger partial charge on any atom is -0.309 e. The summed E-state index contributed by atoms with van der Waals surface area (Å²) in [5, 5.41) is 7.49. The maximum absolute atomic E-state index is 5.20. The zero-order valence-corrected chi connectivity index (χ0v) is 29.9. The molecule has 2 heterocycles. The Bertz CT molecular complexity index is 2990. The van der Waals surface area contributed by atoms with E-state index in [2.05, 4.69) is 193 Å². The first kappa shape index (κ1) is 31.2. The van der Waals surface area contributed by atoms with E-state index < -0.39 is 0 Å². The second-order valence-electron chi connectivity index (χ2n) is 14.2. The van der Waals surface area contributed by atoms with Crippen LogP contribution in [0.25, 0.3) is 105 Å². The molecule has 0 atom stereocenters. The Hall–Kier alpha value is -7.36. The average Bonchev–Trinajstić information content (AvgIpc) is 3.61. The third-order valence-electron chi connectivity index (χ3n) is 11.0. The lowest BCUT2D eigenvalue weighted by Crippen LogP contribution is -1.96. The number of aromatic nitrogens is 3. The zero-order chi connectivity index (χ0) is 36.3. The number of benzene rings is 9. The fourth-order valence-electron chi connectivity index (χ4n) is 8.21. The summed E-state index contributed by atoms with van der Waals surface area (Å²) in [5.41, 5.74) is 13.2. The van der Waals surface area contributed by atoms with Crippen LogP contribution < -0.4 is 0 Å². The molecule has 0 aliphatic carbocycles. The Balaban J connectivity index is 1.01. The van der Waals surface area contributed by atoms with Gasteiger partial charge < -0.3 is 4.57 Å². The number of rotatable bonds is 6. The summed E-state index contributed by atoms with van der Waals surface area (Å²) in [5.74, 6) is 0.700. The second kappa shape index (κ2) is 12.6. The van der Waals surface area contributed by atoms with Gasteiger partial charge in [-0.05, 0) is 80.2 Å². The third-order valence-corrected chi connectivity index (χ3v) is 11.0. The molecular formula is C52H33N3. The van der Waals surface area contributed by atoms with E-state index in [4.69, 9.17) is 9.97 Å². The Labute approximate surface area is 318 Å². The predicted octanol–water partition coefficient (Wildman–Crippen LogP) is 13.7. The van der Waals surface area contributed by atoms with Gasteiger partial charge >= 0.3 is 0 Å². The molecule has 9 aromatic carbocycles. The van der Waals surface area contributed by atoms with E-state index in [1.165, 1.54) is 60.2 Å². The Morgan fingerprint density at radius 2 is 0.727 bits per heavy atom. The monoisotopic (exact) mass is 699 g/mol. The summed E-state index contributed by atoms with van der Waals surface area (Å²) in [4.78, 5) is 10.4.